The second-order valence-corrected chi connectivity index (χ2v) is 8.85. The zero-order valence-corrected chi connectivity index (χ0v) is 19.0. The number of nitrogens with zero attached hydrogens (tertiary/aromatic N) is 3. The van der Waals surface area contributed by atoms with Gasteiger partial charge in [-0.05, 0) is 43.2 Å². The number of methoxy groups -OCH3 is 1. The molecule has 0 bridgehead atoms. The van der Waals surface area contributed by atoms with Gasteiger partial charge in [0.05, 0.1) is 32.4 Å². The Hall–Kier alpha value is -2.97. The van der Waals surface area contributed by atoms with Gasteiger partial charge in [-0.2, -0.15) is 0 Å². The lowest BCUT2D eigenvalue weighted by Crippen LogP contribution is -2.25. The van der Waals surface area contributed by atoms with Crippen LogP contribution in [0.1, 0.15) is 12.0 Å². The molecule has 2 atom stereocenters. The van der Waals surface area contributed by atoms with Crippen molar-refractivity contribution < 1.29 is 18.6 Å². The molecule has 2 aromatic carbocycles. The third-order valence-electron chi connectivity index (χ3n) is 6.53. The van der Waals surface area contributed by atoms with Crippen molar-refractivity contribution in [1.82, 2.24) is 14.9 Å². The van der Waals surface area contributed by atoms with E-state index in [0.29, 0.717) is 41.3 Å². The van der Waals surface area contributed by atoms with Crippen molar-refractivity contribution in [1.29, 1.82) is 0 Å². The van der Waals surface area contributed by atoms with Crippen LogP contribution in [0.3, 0.4) is 0 Å². The summed E-state index contributed by atoms with van der Waals surface area (Å²) in [6, 6.07) is 8.65. The second-order valence-electron chi connectivity index (χ2n) is 8.85. The molecule has 1 aromatic heterocycles. The number of hydrogen-bond acceptors (Lipinski definition) is 7. The molecule has 5 rings (SSSR count). The Balaban J connectivity index is 1.28. The molecule has 0 amide bonds. The number of hydrogen-bond donors (Lipinski definition) is 1. The number of aryl methyl sites for hydroxylation is 1. The summed E-state index contributed by atoms with van der Waals surface area (Å²) < 4.78 is 30.9. The Kier molecular flexibility index (Phi) is 6.28. The SMILES string of the molecule is COc1cc2ncnc(Nc3ccc(F)c(C)c3)c2cc1OCCCN1C[C@H]2COC[C@H]2C1. The van der Waals surface area contributed by atoms with E-state index < -0.39 is 0 Å². The Morgan fingerprint density at radius 2 is 1.94 bits per heavy atom. The van der Waals surface area contributed by atoms with E-state index >= 15 is 0 Å². The van der Waals surface area contributed by atoms with Gasteiger partial charge >= 0.3 is 0 Å². The zero-order chi connectivity index (χ0) is 22.8. The summed E-state index contributed by atoms with van der Waals surface area (Å²) in [6.45, 7) is 7.40. The fourth-order valence-corrected chi connectivity index (χ4v) is 4.73. The normalized spacial score (nSPS) is 20.2. The molecule has 0 unspecified atom stereocenters. The lowest BCUT2D eigenvalue weighted by atomic mass is 10.0. The van der Waals surface area contributed by atoms with E-state index in [1.807, 2.05) is 12.1 Å². The topological polar surface area (TPSA) is 68.7 Å². The molecular formula is C25H29FN4O3. The zero-order valence-electron chi connectivity index (χ0n) is 19.0. The van der Waals surface area contributed by atoms with Crippen LogP contribution in [0.2, 0.25) is 0 Å². The van der Waals surface area contributed by atoms with E-state index in [1.165, 1.54) is 12.4 Å². The van der Waals surface area contributed by atoms with E-state index in [1.54, 1.807) is 26.2 Å². The smallest absolute Gasteiger partial charge is 0.162 e. The van der Waals surface area contributed by atoms with Crippen molar-refractivity contribution in [2.45, 2.75) is 13.3 Å². The second kappa shape index (κ2) is 9.49. The van der Waals surface area contributed by atoms with Gasteiger partial charge in [-0.15, -0.1) is 0 Å². The van der Waals surface area contributed by atoms with Crippen LogP contribution in [0.15, 0.2) is 36.7 Å². The molecule has 7 nitrogen and oxygen atoms in total. The Morgan fingerprint density at radius 1 is 1.12 bits per heavy atom. The first-order valence-corrected chi connectivity index (χ1v) is 11.4. The average molecular weight is 453 g/mol. The molecule has 2 saturated heterocycles. The number of aromatic nitrogens is 2. The van der Waals surface area contributed by atoms with Gasteiger partial charge in [-0.1, -0.05) is 0 Å². The van der Waals surface area contributed by atoms with E-state index in [2.05, 4.69) is 20.2 Å². The van der Waals surface area contributed by atoms with Gasteiger partial charge in [0.15, 0.2) is 11.5 Å². The van der Waals surface area contributed by atoms with Crippen molar-refractivity contribution in [3.05, 3.63) is 48.0 Å². The van der Waals surface area contributed by atoms with Crippen molar-refractivity contribution in [3.63, 3.8) is 0 Å². The van der Waals surface area contributed by atoms with Gasteiger partial charge in [-0.3, -0.25) is 0 Å². The van der Waals surface area contributed by atoms with Gasteiger partial charge < -0.3 is 24.4 Å². The highest BCUT2D eigenvalue weighted by atomic mass is 19.1. The average Bonchev–Trinajstić information content (AvgIpc) is 3.41. The molecule has 2 aliphatic rings. The molecular weight excluding hydrogens is 423 g/mol. The van der Waals surface area contributed by atoms with Crippen LogP contribution in [0, 0.1) is 24.6 Å². The number of rotatable bonds is 8. The van der Waals surface area contributed by atoms with E-state index in [4.69, 9.17) is 14.2 Å². The van der Waals surface area contributed by atoms with Crippen LogP contribution in [0.4, 0.5) is 15.9 Å². The molecule has 0 radical (unpaired) electrons. The van der Waals surface area contributed by atoms with Gasteiger partial charge in [-0.25, -0.2) is 14.4 Å². The van der Waals surface area contributed by atoms with Crippen molar-refractivity contribution in [3.8, 4) is 11.5 Å². The van der Waals surface area contributed by atoms with Crippen LogP contribution < -0.4 is 14.8 Å². The first-order chi connectivity index (χ1) is 16.1. The molecule has 3 heterocycles. The minimum Gasteiger partial charge on any atom is -0.493 e. The number of ether oxygens (including phenoxy) is 3. The third-order valence-corrected chi connectivity index (χ3v) is 6.53. The lowest BCUT2D eigenvalue weighted by molar-refractivity contribution is 0.152. The first kappa shape index (κ1) is 21.9. The van der Waals surface area contributed by atoms with Crippen LogP contribution >= 0.6 is 0 Å². The Bertz CT molecular complexity index is 1130. The van der Waals surface area contributed by atoms with Crippen molar-refractivity contribution >= 4 is 22.4 Å². The van der Waals surface area contributed by atoms with Crippen molar-refractivity contribution in [2.24, 2.45) is 11.8 Å². The number of likely N-dealkylation sites (tertiary alicyclic amines) is 1. The van der Waals surface area contributed by atoms with Gasteiger partial charge in [0.1, 0.15) is 18.0 Å². The highest BCUT2D eigenvalue weighted by Crippen LogP contribution is 2.35. The number of benzene rings is 2. The quantitative estimate of drug-likeness (QED) is 0.514. The molecule has 0 spiro atoms. The van der Waals surface area contributed by atoms with Gasteiger partial charge in [0.25, 0.3) is 0 Å². The summed E-state index contributed by atoms with van der Waals surface area (Å²) in [5.74, 6) is 3.08. The maximum absolute atomic E-state index is 13.6. The summed E-state index contributed by atoms with van der Waals surface area (Å²) in [5.41, 5.74) is 2.06. The van der Waals surface area contributed by atoms with Crippen LogP contribution in [-0.2, 0) is 4.74 Å². The largest absolute Gasteiger partial charge is 0.493 e. The first-order valence-electron chi connectivity index (χ1n) is 11.4. The molecule has 3 aromatic rings. The van der Waals surface area contributed by atoms with E-state index in [9.17, 15) is 4.39 Å². The molecule has 0 saturated carbocycles. The predicted octanol–water partition coefficient (Wildman–Crippen LogP) is 4.18. The summed E-state index contributed by atoms with van der Waals surface area (Å²) in [4.78, 5) is 11.3. The minimum atomic E-state index is -0.237. The molecule has 33 heavy (non-hydrogen) atoms. The minimum absolute atomic E-state index is 0.237. The fraction of sp³-hybridized carbons (Fsp3) is 0.440. The fourth-order valence-electron chi connectivity index (χ4n) is 4.73. The Morgan fingerprint density at radius 3 is 2.70 bits per heavy atom. The number of nitrogens with one attached hydrogen (secondary N) is 1. The summed E-state index contributed by atoms with van der Waals surface area (Å²) in [6.07, 6.45) is 2.43. The van der Waals surface area contributed by atoms with Crippen LogP contribution in [-0.4, -0.2) is 61.4 Å². The number of anilines is 2. The van der Waals surface area contributed by atoms with Gasteiger partial charge in [0, 0.05) is 48.6 Å². The maximum atomic E-state index is 13.6. The highest BCUT2D eigenvalue weighted by molar-refractivity contribution is 5.93. The van der Waals surface area contributed by atoms with Crippen LogP contribution in [0.5, 0.6) is 11.5 Å². The van der Waals surface area contributed by atoms with E-state index in [0.717, 1.165) is 55.9 Å². The van der Waals surface area contributed by atoms with Crippen LogP contribution in [0.25, 0.3) is 10.9 Å². The van der Waals surface area contributed by atoms with E-state index in [-0.39, 0.29) is 5.82 Å². The lowest BCUT2D eigenvalue weighted by Gasteiger charge is -2.17. The summed E-state index contributed by atoms with van der Waals surface area (Å²) >= 11 is 0. The monoisotopic (exact) mass is 452 g/mol. The van der Waals surface area contributed by atoms with Crippen molar-refractivity contribution in [2.75, 3.05) is 51.9 Å². The molecule has 2 aliphatic heterocycles. The summed E-state index contributed by atoms with van der Waals surface area (Å²) in [5, 5.41) is 4.08. The predicted molar refractivity (Wildman–Crippen MR) is 125 cm³/mol. The molecule has 8 heteroatoms. The third kappa shape index (κ3) is 4.72. The van der Waals surface area contributed by atoms with Gasteiger partial charge in [0.2, 0.25) is 0 Å². The maximum Gasteiger partial charge on any atom is 0.162 e. The molecule has 0 aliphatic carbocycles. The highest BCUT2D eigenvalue weighted by Gasteiger charge is 2.36. The number of fused-ring (bicyclic) bond motifs is 2. The molecule has 174 valence electrons. The number of halogens is 1. The summed E-state index contributed by atoms with van der Waals surface area (Å²) in [7, 11) is 1.63. The Labute approximate surface area is 192 Å². The molecule has 1 N–H and O–H groups in total. The standard InChI is InChI=1S/C25H29FN4O3/c1-16-8-19(4-5-21(16)26)29-25-20-9-24(23(31-2)10-22(20)27-15-28-25)33-7-3-6-30-11-17-13-32-14-18(17)12-30/h4-5,8-10,15,17-18H,3,6-7,11-14H2,1-2H3,(H,27,28,29)/t17-,18+. The molecule has 2 fully saturated rings.